The fourth-order valence-electron chi connectivity index (χ4n) is 3.41. The molecule has 1 saturated heterocycles. The van der Waals surface area contributed by atoms with Crippen molar-refractivity contribution in [2.45, 2.75) is 6.92 Å². The minimum Gasteiger partial charge on any atom is -0.378 e. The van der Waals surface area contributed by atoms with Gasteiger partial charge < -0.3 is 19.9 Å². The van der Waals surface area contributed by atoms with Crippen molar-refractivity contribution in [2.75, 3.05) is 60.6 Å². The Morgan fingerprint density at radius 3 is 2.34 bits per heavy atom. The van der Waals surface area contributed by atoms with Crippen molar-refractivity contribution in [2.24, 2.45) is 0 Å². The largest absolute Gasteiger partial charge is 0.378 e. The Morgan fingerprint density at radius 1 is 1.06 bits per heavy atom. The Morgan fingerprint density at radius 2 is 1.72 bits per heavy atom. The number of hydrogen-bond donors (Lipinski definition) is 2. The molecule has 3 rings (SSSR count). The van der Waals surface area contributed by atoms with Gasteiger partial charge in [-0.15, -0.1) is 0 Å². The normalized spacial score (nSPS) is 14.0. The quantitative estimate of drug-likeness (QED) is 0.624. The maximum Gasteiger partial charge on any atom is 0.256 e. The first kappa shape index (κ1) is 23.6. The lowest BCUT2D eigenvalue weighted by atomic mass is 10.1. The van der Waals surface area contributed by atoms with Gasteiger partial charge in [-0.3, -0.25) is 14.3 Å². The highest BCUT2D eigenvalue weighted by atomic mass is 32.2. The summed E-state index contributed by atoms with van der Waals surface area (Å²) in [6.45, 7) is 4.94. The molecule has 0 radical (unpaired) electrons. The monoisotopic (exact) mass is 460 g/mol. The number of nitrogens with zero attached hydrogens (tertiary/aromatic N) is 2. The standard InChI is InChI=1S/C22H28N4O5S/c1-3-25(22(28)19-6-4-5-7-20(19)24-32(2,29)30)16-21(27)23-17-8-10-18(11-9-17)26-12-14-31-15-13-26/h4-11,24H,3,12-16H2,1-2H3,(H,23,27). The van der Waals surface area contributed by atoms with Crippen LogP contribution in [0.3, 0.4) is 0 Å². The van der Waals surface area contributed by atoms with Gasteiger partial charge in [-0.05, 0) is 43.3 Å². The van der Waals surface area contributed by atoms with Crippen LogP contribution >= 0.6 is 0 Å². The summed E-state index contributed by atoms with van der Waals surface area (Å²) in [7, 11) is -3.55. The number of rotatable bonds is 8. The average Bonchev–Trinajstić information content (AvgIpc) is 2.77. The van der Waals surface area contributed by atoms with E-state index in [2.05, 4.69) is 14.9 Å². The third kappa shape index (κ3) is 6.44. The summed E-state index contributed by atoms with van der Waals surface area (Å²) in [6, 6.07) is 13.9. The topological polar surface area (TPSA) is 108 Å². The molecule has 0 unspecified atom stereocenters. The van der Waals surface area contributed by atoms with Crippen LogP contribution in [0, 0.1) is 0 Å². The van der Waals surface area contributed by atoms with E-state index in [1.165, 1.54) is 17.0 Å². The third-order valence-electron chi connectivity index (χ3n) is 4.98. The third-order valence-corrected chi connectivity index (χ3v) is 5.57. The second kappa shape index (κ2) is 10.5. The number of anilines is 3. The molecule has 1 aliphatic rings. The van der Waals surface area contributed by atoms with Gasteiger partial charge in [0.25, 0.3) is 5.91 Å². The molecule has 0 aromatic heterocycles. The fraction of sp³-hybridized carbons (Fsp3) is 0.364. The Kier molecular flexibility index (Phi) is 7.70. The van der Waals surface area contributed by atoms with E-state index in [-0.39, 0.29) is 30.2 Å². The van der Waals surface area contributed by atoms with Crippen LogP contribution in [0.2, 0.25) is 0 Å². The van der Waals surface area contributed by atoms with Gasteiger partial charge >= 0.3 is 0 Å². The molecule has 0 atom stereocenters. The molecule has 0 spiro atoms. The molecule has 1 aliphatic heterocycles. The average molecular weight is 461 g/mol. The molecule has 0 saturated carbocycles. The first-order chi connectivity index (χ1) is 15.3. The Labute approximate surface area is 188 Å². The lowest BCUT2D eigenvalue weighted by Gasteiger charge is -2.29. The van der Waals surface area contributed by atoms with Crippen LogP contribution in [0.15, 0.2) is 48.5 Å². The molecule has 9 nitrogen and oxygen atoms in total. The summed E-state index contributed by atoms with van der Waals surface area (Å²) in [5.41, 5.74) is 2.06. The lowest BCUT2D eigenvalue weighted by Crippen LogP contribution is -2.38. The summed E-state index contributed by atoms with van der Waals surface area (Å²) >= 11 is 0. The molecular weight excluding hydrogens is 432 g/mol. The zero-order valence-corrected chi connectivity index (χ0v) is 19.0. The number of hydrogen-bond acceptors (Lipinski definition) is 6. The van der Waals surface area contributed by atoms with Gasteiger partial charge in [0.1, 0.15) is 6.54 Å². The van der Waals surface area contributed by atoms with Gasteiger partial charge in [-0.2, -0.15) is 0 Å². The lowest BCUT2D eigenvalue weighted by molar-refractivity contribution is -0.116. The first-order valence-electron chi connectivity index (χ1n) is 10.4. The van der Waals surface area contributed by atoms with Crippen molar-refractivity contribution in [3.63, 3.8) is 0 Å². The van der Waals surface area contributed by atoms with Gasteiger partial charge in [-0.1, -0.05) is 12.1 Å². The Balaban J connectivity index is 1.64. The van der Waals surface area contributed by atoms with Gasteiger partial charge in [-0.25, -0.2) is 8.42 Å². The van der Waals surface area contributed by atoms with E-state index in [1.807, 2.05) is 24.3 Å². The fourth-order valence-corrected chi connectivity index (χ4v) is 3.98. The minimum absolute atomic E-state index is 0.159. The zero-order valence-electron chi connectivity index (χ0n) is 18.2. The molecule has 2 N–H and O–H groups in total. The summed E-state index contributed by atoms with van der Waals surface area (Å²) in [5.74, 6) is -0.773. The molecule has 1 fully saturated rings. The van der Waals surface area contributed by atoms with Crippen LogP contribution in [0.4, 0.5) is 17.1 Å². The second-order valence-corrected chi connectivity index (χ2v) is 9.18. The molecule has 0 bridgehead atoms. The van der Waals surface area contributed by atoms with Gasteiger partial charge in [0, 0.05) is 31.0 Å². The highest BCUT2D eigenvalue weighted by Gasteiger charge is 2.21. The van der Waals surface area contributed by atoms with Crippen LogP contribution in [0.5, 0.6) is 0 Å². The predicted octanol–water partition coefficient (Wildman–Crippen LogP) is 2.00. The van der Waals surface area contributed by atoms with E-state index in [4.69, 9.17) is 4.74 Å². The number of benzene rings is 2. The van der Waals surface area contributed by atoms with E-state index in [9.17, 15) is 18.0 Å². The van der Waals surface area contributed by atoms with Gasteiger partial charge in [0.15, 0.2) is 0 Å². The number of carbonyl (C=O) groups excluding carboxylic acids is 2. The molecule has 2 aromatic rings. The number of carbonyl (C=O) groups is 2. The smallest absolute Gasteiger partial charge is 0.256 e. The molecule has 32 heavy (non-hydrogen) atoms. The maximum absolute atomic E-state index is 13.0. The van der Waals surface area contributed by atoms with E-state index in [1.54, 1.807) is 19.1 Å². The summed E-state index contributed by atoms with van der Waals surface area (Å²) in [5, 5.41) is 2.81. The summed E-state index contributed by atoms with van der Waals surface area (Å²) in [6.07, 6.45) is 1.02. The van der Waals surface area contributed by atoms with Crippen molar-refractivity contribution in [3.05, 3.63) is 54.1 Å². The molecule has 2 amide bonds. The number of morpholine rings is 1. The second-order valence-electron chi connectivity index (χ2n) is 7.43. The van der Waals surface area contributed by atoms with E-state index < -0.39 is 15.9 Å². The van der Waals surface area contributed by atoms with E-state index >= 15 is 0 Å². The number of likely N-dealkylation sites (N-methyl/N-ethyl adjacent to an activating group) is 1. The van der Waals surface area contributed by atoms with Crippen molar-refractivity contribution in [1.82, 2.24) is 4.90 Å². The van der Waals surface area contributed by atoms with Crippen LogP contribution in [0.1, 0.15) is 17.3 Å². The highest BCUT2D eigenvalue weighted by Crippen LogP contribution is 2.20. The number of amides is 2. The summed E-state index contributed by atoms with van der Waals surface area (Å²) in [4.78, 5) is 29.1. The van der Waals surface area contributed by atoms with E-state index in [0.29, 0.717) is 18.9 Å². The minimum atomic E-state index is -3.55. The van der Waals surface area contributed by atoms with Crippen LogP contribution < -0.4 is 14.9 Å². The Bertz CT molecular complexity index is 1050. The Hall–Kier alpha value is -3.11. The number of sulfonamides is 1. The number of nitrogens with one attached hydrogen (secondary N) is 2. The van der Waals surface area contributed by atoms with E-state index in [0.717, 1.165) is 25.0 Å². The molecule has 2 aromatic carbocycles. The van der Waals surface area contributed by atoms with Gasteiger partial charge in [0.05, 0.1) is 30.7 Å². The SMILES string of the molecule is CCN(CC(=O)Nc1ccc(N2CCOCC2)cc1)C(=O)c1ccccc1NS(C)(=O)=O. The number of ether oxygens (including phenoxy) is 1. The van der Waals surface area contributed by atoms with Gasteiger partial charge in [0.2, 0.25) is 15.9 Å². The van der Waals surface area contributed by atoms with Crippen molar-refractivity contribution < 1.29 is 22.7 Å². The van der Waals surface area contributed by atoms with Crippen molar-refractivity contribution in [3.8, 4) is 0 Å². The molecule has 0 aliphatic carbocycles. The van der Waals surface area contributed by atoms with Crippen LogP contribution in [-0.4, -0.2) is 70.8 Å². The number of para-hydroxylation sites is 1. The van der Waals surface area contributed by atoms with Crippen molar-refractivity contribution >= 4 is 38.9 Å². The van der Waals surface area contributed by atoms with Crippen LogP contribution in [0.25, 0.3) is 0 Å². The van der Waals surface area contributed by atoms with Crippen LogP contribution in [-0.2, 0) is 19.6 Å². The first-order valence-corrected chi connectivity index (χ1v) is 12.2. The molecule has 10 heteroatoms. The summed E-state index contributed by atoms with van der Waals surface area (Å²) < 4.78 is 30.9. The maximum atomic E-state index is 13.0. The molecular formula is C22H28N4O5S. The zero-order chi connectivity index (χ0) is 23.1. The molecule has 1 heterocycles. The predicted molar refractivity (Wildman–Crippen MR) is 125 cm³/mol. The highest BCUT2D eigenvalue weighted by molar-refractivity contribution is 7.92. The molecule has 172 valence electrons. The van der Waals surface area contributed by atoms with Crippen molar-refractivity contribution in [1.29, 1.82) is 0 Å².